The Morgan fingerprint density at radius 2 is 1.63 bits per heavy atom. The minimum atomic E-state index is -1.77. The van der Waals surface area contributed by atoms with Gasteiger partial charge in [-0.3, -0.25) is 14.3 Å². The monoisotopic (exact) mass is 423 g/mol. The highest BCUT2D eigenvalue weighted by atomic mass is 19.2. The van der Waals surface area contributed by atoms with Gasteiger partial charge in [0.2, 0.25) is 11.6 Å². The molecule has 1 atom stereocenters. The molecule has 1 amide bonds. The average molecular weight is 423 g/mol. The highest BCUT2D eigenvalue weighted by molar-refractivity contribution is 5.94. The van der Waals surface area contributed by atoms with E-state index in [1.54, 1.807) is 44.3 Å². The molecule has 0 bridgehead atoms. The summed E-state index contributed by atoms with van der Waals surface area (Å²) in [5, 5.41) is 2.35. The molecule has 158 valence electrons. The van der Waals surface area contributed by atoms with Gasteiger partial charge >= 0.3 is 0 Å². The largest absolute Gasteiger partial charge is 0.475 e. The summed E-state index contributed by atoms with van der Waals surface area (Å²) in [5.74, 6) is -9.17. The van der Waals surface area contributed by atoms with Crippen molar-refractivity contribution in [3.8, 4) is 11.4 Å². The van der Waals surface area contributed by atoms with Gasteiger partial charge in [0.15, 0.2) is 23.5 Å². The van der Waals surface area contributed by atoms with Crippen molar-refractivity contribution in [2.24, 2.45) is 7.05 Å². The first kappa shape index (κ1) is 21.2. The van der Waals surface area contributed by atoms with E-state index >= 15 is 0 Å². The van der Waals surface area contributed by atoms with Gasteiger partial charge in [0, 0.05) is 13.1 Å². The van der Waals surface area contributed by atoms with E-state index in [1.807, 2.05) is 0 Å². The number of nitrogens with one attached hydrogen (secondary N) is 1. The lowest BCUT2D eigenvalue weighted by Crippen LogP contribution is -2.33. The first-order chi connectivity index (χ1) is 14.1. The minimum Gasteiger partial charge on any atom is -0.475 e. The lowest BCUT2D eigenvalue weighted by molar-refractivity contribution is -0.122. The molecule has 0 saturated heterocycles. The molecule has 0 aliphatic heterocycles. The van der Waals surface area contributed by atoms with E-state index in [1.165, 1.54) is 9.36 Å². The Kier molecular flexibility index (Phi) is 5.68. The first-order valence-electron chi connectivity index (χ1n) is 8.78. The molecule has 30 heavy (non-hydrogen) atoms. The van der Waals surface area contributed by atoms with Gasteiger partial charge in [-0.2, -0.15) is 8.78 Å². The SMILES string of the molecule is Cc1c(NC(=O)[C@@H](C)Oc2c(F)c(F)cc(F)c2F)c(=O)n(-c2ccccc2)n1C. The fourth-order valence-electron chi connectivity index (χ4n) is 2.82. The zero-order valence-electron chi connectivity index (χ0n) is 16.2. The summed E-state index contributed by atoms with van der Waals surface area (Å²) in [7, 11) is 1.61. The van der Waals surface area contributed by atoms with E-state index in [2.05, 4.69) is 5.32 Å². The third-order valence-corrected chi connectivity index (χ3v) is 4.54. The molecule has 6 nitrogen and oxygen atoms in total. The van der Waals surface area contributed by atoms with Crippen LogP contribution in [0.4, 0.5) is 23.2 Å². The van der Waals surface area contributed by atoms with Crippen LogP contribution in [-0.2, 0) is 11.8 Å². The third-order valence-electron chi connectivity index (χ3n) is 4.54. The number of benzene rings is 2. The second kappa shape index (κ2) is 8.05. The fraction of sp³-hybridized carbons (Fsp3) is 0.200. The molecule has 1 aromatic heterocycles. The van der Waals surface area contributed by atoms with Crippen molar-refractivity contribution < 1.29 is 27.1 Å². The van der Waals surface area contributed by atoms with Crippen LogP contribution in [0.1, 0.15) is 12.6 Å². The Hall–Kier alpha value is -3.56. The van der Waals surface area contributed by atoms with Gasteiger partial charge in [0.1, 0.15) is 5.69 Å². The van der Waals surface area contributed by atoms with E-state index in [0.29, 0.717) is 11.4 Å². The quantitative estimate of drug-likeness (QED) is 0.505. The Morgan fingerprint density at radius 1 is 1.07 bits per heavy atom. The summed E-state index contributed by atoms with van der Waals surface area (Å²) in [6.45, 7) is 2.70. The predicted molar refractivity (Wildman–Crippen MR) is 101 cm³/mol. The van der Waals surface area contributed by atoms with Crippen molar-refractivity contribution in [1.29, 1.82) is 0 Å². The molecule has 1 heterocycles. The van der Waals surface area contributed by atoms with Crippen molar-refractivity contribution in [2.75, 3.05) is 5.32 Å². The van der Waals surface area contributed by atoms with Crippen LogP contribution in [0.3, 0.4) is 0 Å². The lowest BCUT2D eigenvalue weighted by atomic mass is 10.2. The Bertz CT molecular complexity index is 1150. The molecule has 0 radical (unpaired) electrons. The summed E-state index contributed by atoms with van der Waals surface area (Å²) in [5.41, 5.74) is 0.333. The van der Waals surface area contributed by atoms with Crippen molar-refractivity contribution in [1.82, 2.24) is 9.36 Å². The van der Waals surface area contributed by atoms with Crippen molar-refractivity contribution >= 4 is 11.6 Å². The summed E-state index contributed by atoms with van der Waals surface area (Å²) < 4.78 is 61.8. The smallest absolute Gasteiger partial charge is 0.295 e. The maximum Gasteiger partial charge on any atom is 0.295 e. The molecule has 0 fully saturated rings. The van der Waals surface area contributed by atoms with E-state index < -0.39 is 46.6 Å². The average Bonchev–Trinajstić information content (AvgIpc) is 2.93. The number of carbonyl (C=O) groups is 1. The van der Waals surface area contributed by atoms with Crippen LogP contribution >= 0.6 is 0 Å². The van der Waals surface area contributed by atoms with Gasteiger partial charge in [-0.25, -0.2) is 13.5 Å². The summed E-state index contributed by atoms with van der Waals surface area (Å²) >= 11 is 0. The molecular weight excluding hydrogens is 406 g/mol. The van der Waals surface area contributed by atoms with E-state index in [-0.39, 0.29) is 11.8 Å². The number of nitrogens with zero attached hydrogens (tertiary/aromatic N) is 2. The van der Waals surface area contributed by atoms with E-state index in [4.69, 9.17) is 4.74 Å². The van der Waals surface area contributed by atoms with Crippen LogP contribution in [0, 0.1) is 30.2 Å². The van der Waals surface area contributed by atoms with Gasteiger partial charge in [0.05, 0.1) is 11.4 Å². The second-order valence-electron chi connectivity index (χ2n) is 6.48. The Morgan fingerprint density at radius 3 is 2.20 bits per heavy atom. The highest BCUT2D eigenvalue weighted by Crippen LogP contribution is 2.27. The number of para-hydroxylation sites is 1. The normalized spacial score (nSPS) is 12.0. The summed E-state index contributed by atoms with van der Waals surface area (Å²) in [6, 6.07) is 8.67. The van der Waals surface area contributed by atoms with Gasteiger partial charge in [0.25, 0.3) is 11.5 Å². The topological polar surface area (TPSA) is 65.3 Å². The number of hydrogen-bond donors (Lipinski definition) is 1. The van der Waals surface area contributed by atoms with Crippen molar-refractivity contribution in [2.45, 2.75) is 20.0 Å². The minimum absolute atomic E-state index is 0.0294. The van der Waals surface area contributed by atoms with Crippen LogP contribution in [0.2, 0.25) is 0 Å². The second-order valence-corrected chi connectivity index (χ2v) is 6.48. The molecule has 0 spiro atoms. The van der Waals surface area contributed by atoms with E-state index in [0.717, 1.165) is 6.92 Å². The Labute approximate surface area is 168 Å². The zero-order chi connectivity index (χ0) is 22.2. The number of halogens is 4. The molecule has 0 aliphatic rings. The highest BCUT2D eigenvalue weighted by Gasteiger charge is 2.26. The standard InChI is InChI=1S/C20H17F4N3O3/c1-10-17(20(29)27(26(10)3)12-7-5-4-6-8-12)25-19(28)11(2)30-18-15(23)13(21)9-14(22)16(18)24/h4-9,11H,1-3H3,(H,25,28)/t11-/m1/s1. The predicted octanol–water partition coefficient (Wildman–Crippen LogP) is 3.45. The van der Waals surface area contributed by atoms with Crippen LogP contribution in [0.5, 0.6) is 5.75 Å². The van der Waals surface area contributed by atoms with Crippen LogP contribution < -0.4 is 15.6 Å². The number of rotatable bonds is 5. The molecule has 3 aromatic rings. The Balaban J connectivity index is 1.88. The third kappa shape index (κ3) is 3.68. The first-order valence-corrected chi connectivity index (χ1v) is 8.78. The van der Waals surface area contributed by atoms with Crippen molar-refractivity contribution in [3.05, 3.63) is 75.7 Å². The molecule has 0 unspecified atom stereocenters. The van der Waals surface area contributed by atoms with Crippen LogP contribution in [0.15, 0.2) is 41.2 Å². The molecule has 10 heteroatoms. The molecule has 3 rings (SSSR count). The van der Waals surface area contributed by atoms with Gasteiger partial charge in [-0.05, 0) is 26.0 Å². The molecule has 0 saturated carbocycles. The number of hydrogen-bond acceptors (Lipinski definition) is 3. The summed E-state index contributed by atoms with van der Waals surface area (Å²) in [4.78, 5) is 25.2. The molecule has 2 aromatic carbocycles. The molecule has 0 aliphatic carbocycles. The van der Waals surface area contributed by atoms with Gasteiger partial charge in [-0.15, -0.1) is 0 Å². The number of ether oxygens (including phenoxy) is 1. The van der Waals surface area contributed by atoms with Crippen molar-refractivity contribution in [3.63, 3.8) is 0 Å². The van der Waals surface area contributed by atoms with Gasteiger partial charge < -0.3 is 10.1 Å². The maximum absolute atomic E-state index is 13.8. The van der Waals surface area contributed by atoms with E-state index in [9.17, 15) is 27.2 Å². The lowest BCUT2D eigenvalue weighted by Gasteiger charge is -2.15. The van der Waals surface area contributed by atoms with Crippen LogP contribution in [0.25, 0.3) is 5.69 Å². The zero-order valence-corrected chi connectivity index (χ0v) is 16.2. The molecular formula is C20H17F4N3O3. The molecule has 1 N–H and O–H groups in total. The summed E-state index contributed by atoms with van der Waals surface area (Å²) in [6.07, 6.45) is -1.57. The van der Waals surface area contributed by atoms with Crippen LogP contribution in [-0.4, -0.2) is 21.4 Å². The maximum atomic E-state index is 13.8. The number of amides is 1. The fourth-order valence-corrected chi connectivity index (χ4v) is 2.82. The van der Waals surface area contributed by atoms with Gasteiger partial charge in [-0.1, -0.05) is 18.2 Å². The number of aromatic nitrogens is 2. The number of carbonyl (C=O) groups excluding carboxylic acids is 1. The number of anilines is 1.